The number of aromatic nitrogens is 1. The summed E-state index contributed by atoms with van der Waals surface area (Å²) in [5.41, 5.74) is 2.41. The van der Waals surface area contributed by atoms with Crippen LogP contribution < -0.4 is 5.32 Å². The molecule has 0 amide bonds. The van der Waals surface area contributed by atoms with Gasteiger partial charge in [0, 0.05) is 30.4 Å². The van der Waals surface area contributed by atoms with Crippen molar-refractivity contribution in [2.75, 3.05) is 0 Å². The van der Waals surface area contributed by atoms with Crippen LogP contribution in [0.2, 0.25) is 0 Å². The average molecular weight is 218 g/mol. The van der Waals surface area contributed by atoms with Crippen LogP contribution in [-0.2, 0) is 13.0 Å². The highest BCUT2D eigenvalue weighted by Gasteiger charge is 2.02. The first-order valence-corrected chi connectivity index (χ1v) is 5.66. The van der Waals surface area contributed by atoms with Gasteiger partial charge in [-0.25, -0.2) is 0 Å². The first-order chi connectivity index (χ1) is 7.74. The molecule has 86 valence electrons. The molecule has 0 saturated carbocycles. The molecule has 3 heteroatoms. The van der Waals surface area contributed by atoms with Crippen LogP contribution >= 0.6 is 0 Å². The topological polar surface area (TPSA) is 41.0 Å². The Morgan fingerprint density at radius 3 is 2.75 bits per heavy atom. The molecular weight excluding hydrogens is 200 g/mol. The van der Waals surface area contributed by atoms with E-state index in [4.69, 9.17) is 4.42 Å². The molecule has 3 nitrogen and oxygen atoms in total. The van der Waals surface area contributed by atoms with E-state index in [2.05, 4.69) is 36.3 Å². The summed E-state index contributed by atoms with van der Waals surface area (Å²) in [4.78, 5) is 3.38. The molecule has 0 spiro atoms. The number of rotatable bonds is 5. The highest BCUT2D eigenvalue weighted by atomic mass is 16.3. The Labute approximate surface area is 95.9 Å². The summed E-state index contributed by atoms with van der Waals surface area (Å²) in [6, 6.07) is 8.65. The van der Waals surface area contributed by atoms with Crippen LogP contribution in [-0.4, -0.2) is 11.0 Å². The Morgan fingerprint density at radius 2 is 2.06 bits per heavy atom. The Bertz CT molecular complexity index is 415. The Morgan fingerprint density at radius 1 is 1.25 bits per heavy atom. The van der Waals surface area contributed by atoms with Gasteiger partial charge in [-0.3, -0.25) is 0 Å². The van der Waals surface area contributed by atoms with Gasteiger partial charge in [-0.15, -0.1) is 0 Å². The summed E-state index contributed by atoms with van der Waals surface area (Å²) in [5, 5.41) is 3.38. The molecule has 2 aromatic rings. The maximum absolute atomic E-state index is 5.31. The third kappa shape index (κ3) is 3.00. The predicted molar refractivity (Wildman–Crippen MR) is 64.3 cm³/mol. The van der Waals surface area contributed by atoms with Crippen LogP contribution in [0.1, 0.15) is 31.0 Å². The number of nitrogens with one attached hydrogen (secondary N) is 2. The van der Waals surface area contributed by atoms with Gasteiger partial charge in [0.25, 0.3) is 0 Å². The van der Waals surface area contributed by atoms with Crippen molar-refractivity contribution in [1.82, 2.24) is 10.3 Å². The fourth-order valence-corrected chi connectivity index (χ4v) is 1.61. The summed E-state index contributed by atoms with van der Waals surface area (Å²) in [6.45, 7) is 5.18. The summed E-state index contributed by atoms with van der Waals surface area (Å²) in [7, 11) is 0. The van der Waals surface area contributed by atoms with Crippen LogP contribution in [0.25, 0.3) is 0 Å². The standard InChI is InChI=1S/C13H18N2O/c1-10(2)14-9-12-6-5-11(15-12)8-13-4-3-7-16-13/h3-7,10,14-15H,8-9H2,1-2H3. The van der Waals surface area contributed by atoms with E-state index in [-0.39, 0.29) is 0 Å². The van der Waals surface area contributed by atoms with Crippen molar-refractivity contribution in [2.45, 2.75) is 32.9 Å². The van der Waals surface area contributed by atoms with E-state index >= 15 is 0 Å². The fraction of sp³-hybridized carbons (Fsp3) is 0.385. The zero-order chi connectivity index (χ0) is 11.4. The molecule has 2 aromatic heterocycles. The molecule has 0 aliphatic carbocycles. The number of furan rings is 1. The van der Waals surface area contributed by atoms with Crippen molar-refractivity contribution >= 4 is 0 Å². The maximum atomic E-state index is 5.31. The summed E-state index contributed by atoms with van der Waals surface area (Å²) in [6.07, 6.45) is 2.54. The third-order valence-corrected chi connectivity index (χ3v) is 2.45. The van der Waals surface area contributed by atoms with Gasteiger partial charge >= 0.3 is 0 Å². The lowest BCUT2D eigenvalue weighted by Crippen LogP contribution is -2.21. The number of aromatic amines is 1. The molecule has 2 rings (SSSR count). The average Bonchev–Trinajstić information content (AvgIpc) is 2.87. The van der Waals surface area contributed by atoms with E-state index in [0.717, 1.165) is 18.7 Å². The van der Waals surface area contributed by atoms with Gasteiger partial charge in [-0.05, 0) is 24.3 Å². The van der Waals surface area contributed by atoms with E-state index in [1.54, 1.807) is 6.26 Å². The Hall–Kier alpha value is -1.48. The van der Waals surface area contributed by atoms with Gasteiger partial charge in [-0.2, -0.15) is 0 Å². The van der Waals surface area contributed by atoms with E-state index in [1.165, 1.54) is 11.4 Å². The molecule has 0 aliphatic heterocycles. The highest BCUT2D eigenvalue weighted by Crippen LogP contribution is 2.09. The molecule has 2 heterocycles. The van der Waals surface area contributed by atoms with Gasteiger partial charge in [0.1, 0.15) is 5.76 Å². The summed E-state index contributed by atoms with van der Waals surface area (Å²) < 4.78 is 5.31. The molecule has 0 unspecified atom stereocenters. The van der Waals surface area contributed by atoms with Gasteiger partial charge in [0.05, 0.1) is 6.26 Å². The molecule has 2 N–H and O–H groups in total. The van der Waals surface area contributed by atoms with Gasteiger partial charge in [0.2, 0.25) is 0 Å². The maximum Gasteiger partial charge on any atom is 0.109 e. The third-order valence-electron chi connectivity index (χ3n) is 2.45. The molecule has 0 aliphatic rings. The van der Waals surface area contributed by atoms with Gasteiger partial charge < -0.3 is 14.7 Å². The van der Waals surface area contributed by atoms with Crippen LogP contribution in [0.3, 0.4) is 0 Å². The molecule has 16 heavy (non-hydrogen) atoms. The molecule has 0 atom stereocenters. The lowest BCUT2D eigenvalue weighted by molar-refractivity contribution is 0.519. The van der Waals surface area contributed by atoms with Gasteiger partial charge in [0.15, 0.2) is 0 Å². The fourth-order valence-electron chi connectivity index (χ4n) is 1.61. The second-order valence-electron chi connectivity index (χ2n) is 4.30. The smallest absolute Gasteiger partial charge is 0.109 e. The summed E-state index contributed by atoms with van der Waals surface area (Å²) >= 11 is 0. The lowest BCUT2D eigenvalue weighted by Gasteiger charge is -2.05. The molecule has 0 radical (unpaired) electrons. The molecule has 0 saturated heterocycles. The first-order valence-electron chi connectivity index (χ1n) is 5.66. The quantitative estimate of drug-likeness (QED) is 0.810. The second kappa shape index (κ2) is 5.03. The van der Waals surface area contributed by atoms with E-state index < -0.39 is 0 Å². The van der Waals surface area contributed by atoms with Crippen molar-refractivity contribution in [3.8, 4) is 0 Å². The van der Waals surface area contributed by atoms with Crippen LogP contribution in [0.15, 0.2) is 34.9 Å². The van der Waals surface area contributed by atoms with E-state index in [0.29, 0.717) is 6.04 Å². The molecular formula is C13H18N2O. The van der Waals surface area contributed by atoms with Crippen molar-refractivity contribution in [1.29, 1.82) is 0 Å². The Balaban J connectivity index is 1.92. The van der Waals surface area contributed by atoms with E-state index in [1.807, 2.05) is 12.1 Å². The SMILES string of the molecule is CC(C)NCc1ccc(Cc2ccco2)[nH]1. The monoisotopic (exact) mass is 218 g/mol. The van der Waals surface area contributed by atoms with Crippen molar-refractivity contribution < 1.29 is 4.42 Å². The zero-order valence-corrected chi connectivity index (χ0v) is 9.79. The van der Waals surface area contributed by atoms with Crippen LogP contribution in [0.4, 0.5) is 0 Å². The first kappa shape index (κ1) is 11.0. The van der Waals surface area contributed by atoms with Crippen molar-refractivity contribution in [3.05, 3.63) is 47.7 Å². The minimum Gasteiger partial charge on any atom is -0.469 e. The molecule has 0 aromatic carbocycles. The predicted octanol–water partition coefficient (Wildman–Crippen LogP) is 2.70. The zero-order valence-electron chi connectivity index (χ0n) is 9.79. The Kier molecular flexibility index (Phi) is 3.47. The lowest BCUT2D eigenvalue weighted by atomic mass is 10.2. The second-order valence-corrected chi connectivity index (χ2v) is 4.30. The largest absolute Gasteiger partial charge is 0.469 e. The highest BCUT2D eigenvalue weighted by molar-refractivity contribution is 5.18. The van der Waals surface area contributed by atoms with Gasteiger partial charge in [-0.1, -0.05) is 13.8 Å². The van der Waals surface area contributed by atoms with Crippen LogP contribution in [0, 0.1) is 0 Å². The van der Waals surface area contributed by atoms with Crippen LogP contribution in [0.5, 0.6) is 0 Å². The van der Waals surface area contributed by atoms with Crippen molar-refractivity contribution in [3.63, 3.8) is 0 Å². The minimum atomic E-state index is 0.511. The molecule has 0 bridgehead atoms. The number of hydrogen-bond donors (Lipinski definition) is 2. The normalized spacial score (nSPS) is 11.2. The van der Waals surface area contributed by atoms with Crippen molar-refractivity contribution in [2.24, 2.45) is 0 Å². The summed E-state index contributed by atoms with van der Waals surface area (Å²) in [5.74, 6) is 0.991. The molecule has 0 fully saturated rings. The van der Waals surface area contributed by atoms with E-state index in [9.17, 15) is 0 Å². The minimum absolute atomic E-state index is 0.511. The number of H-pyrrole nitrogens is 1. The number of hydrogen-bond acceptors (Lipinski definition) is 2.